The van der Waals surface area contributed by atoms with Crippen LogP contribution in [0.5, 0.6) is 0 Å². The molecule has 0 aliphatic carbocycles. The lowest BCUT2D eigenvalue weighted by atomic mass is 9.99. The number of nitrogens with zero attached hydrogens (tertiary/aromatic N) is 1. The number of likely N-dealkylation sites (tertiary alicyclic amines) is 1. The molecule has 5 nitrogen and oxygen atoms in total. The van der Waals surface area contributed by atoms with Gasteiger partial charge in [0.2, 0.25) is 5.91 Å². The molecule has 162 valence electrons. The van der Waals surface area contributed by atoms with Crippen LogP contribution in [-0.4, -0.2) is 60.4 Å². The number of thioether (sulfide) groups is 1. The lowest BCUT2D eigenvalue weighted by Gasteiger charge is -2.35. The van der Waals surface area contributed by atoms with Crippen molar-refractivity contribution in [3.8, 4) is 0 Å². The van der Waals surface area contributed by atoms with Gasteiger partial charge in [0.05, 0.1) is 10.6 Å². The van der Waals surface area contributed by atoms with Crippen LogP contribution in [0.3, 0.4) is 0 Å². The van der Waals surface area contributed by atoms with Crippen LogP contribution in [0.15, 0.2) is 18.2 Å². The van der Waals surface area contributed by atoms with Crippen molar-refractivity contribution in [1.29, 1.82) is 0 Å². The summed E-state index contributed by atoms with van der Waals surface area (Å²) < 4.78 is 0. The summed E-state index contributed by atoms with van der Waals surface area (Å²) in [6, 6.07) is 4.37. The number of nitrogens with one attached hydrogen (secondary N) is 2. The first kappa shape index (κ1) is 24.3. The van der Waals surface area contributed by atoms with Gasteiger partial charge in [-0.1, -0.05) is 30.1 Å². The van der Waals surface area contributed by atoms with Crippen molar-refractivity contribution in [3.63, 3.8) is 0 Å². The van der Waals surface area contributed by atoms with E-state index in [4.69, 9.17) is 23.2 Å². The van der Waals surface area contributed by atoms with E-state index >= 15 is 0 Å². The summed E-state index contributed by atoms with van der Waals surface area (Å²) in [6.07, 6.45) is 5.00. The first-order valence-electron chi connectivity index (χ1n) is 10.1. The molecule has 2 rings (SSSR count). The molecule has 0 spiro atoms. The Morgan fingerprint density at radius 2 is 2.10 bits per heavy atom. The Morgan fingerprint density at radius 1 is 1.34 bits per heavy atom. The van der Waals surface area contributed by atoms with Crippen molar-refractivity contribution in [2.45, 2.75) is 45.2 Å². The molecule has 2 N–H and O–H groups in total. The van der Waals surface area contributed by atoms with Gasteiger partial charge in [-0.2, -0.15) is 11.8 Å². The molecule has 1 fully saturated rings. The first-order chi connectivity index (χ1) is 13.8. The van der Waals surface area contributed by atoms with Gasteiger partial charge in [0.1, 0.15) is 6.04 Å². The van der Waals surface area contributed by atoms with Gasteiger partial charge in [-0.25, -0.2) is 0 Å². The van der Waals surface area contributed by atoms with E-state index in [-0.39, 0.29) is 22.9 Å². The molecule has 1 aliphatic rings. The van der Waals surface area contributed by atoms with E-state index in [1.165, 1.54) is 18.9 Å². The first-order valence-corrected chi connectivity index (χ1v) is 12.2. The van der Waals surface area contributed by atoms with Crippen LogP contribution >= 0.6 is 35.0 Å². The van der Waals surface area contributed by atoms with E-state index in [0.717, 1.165) is 18.8 Å². The van der Waals surface area contributed by atoms with Crippen LogP contribution in [0.2, 0.25) is 10.0 Å². The molecule has 1 heterocycles. The predicted octanol–water partition coefficient (Wildman–Crippen LogP) is 4.08. The van der Waals surface area contributed by atoms with Gasteiger partial charge >= 0.3 is 0 Å². The molecular formula is C21H31Cl2N3O2S. The predicted molar refractivity (Wildman–Crippen MR) is 123 cm³/mol. The van der Waals surface area contributed by atoms with Crippen LogP contribution in [-0.2, 0) is 4.79 Å². The van der Waals surface area contributed by atoms with E-state index in [2.05, 4.69) is 29.4 Å². The zero-order chi connectivity index (χ0) is 21.4. The van der Waals surface area contributed by atoms with Crippen LogP contribution in [0.25, 0.3) is 0 Å². The van der Waals surface area contributed by atoms with Crippen LogP contribution in [0, 0.1) is 5.92 Å². The van der Waals surface area contributed by atoms with Crippen molar-refractivity contribution in [2.75, 3.05) is 31.6 Å². The van der Waals surface area contributed by atoms with Gasteiger partial charge in [0.15, 0.2) is 0 Å². The zero-order valence-corrected chi connectivity index (χ0v) is 19.7. The SMILES string of the molecule is CSCCC(NC(=O)c1ccc(Cl)cc1Cl)C(=O)NCC(C)N1CCCC(C)C1. The fraction of sp³-hybridized carbons (Fsp3) is 0.619. The second-order valence-corrected chi connectivity index (χ2v) is 9.60. The summed E-state index contributed by atoms with van der Waals surface area (Å²) in [6.45, 7) is 7.12. The molecule has 1 aromatic rings. The van der Waals surface area contributed by atoms with Crippen molar-refractivity contribution >= 4 is 46.8 Å². The average molecular weight is 460 g/mol. The molecule has 0 radical (unpaired) electrons. The quantitative estimate of drug-likeness (QED) is 0.583. The van der Waals surface area contributed by atoms with Crippen molar-refractivity contribution in [1.82, 2.24) is 15.5 Å². The van der Waals surface area contributed by atoms with E-state index in [1.807, 2.05) is 6.26 Å². The van der Waals surface area contributed by atoms with E-state index in [9.17, 15) is 9.59 Å². The Balaban J connectivity index is 1.95. The normalized spacial score (nSPS) is 19.4. The van der Waals surface area contributed by atoms with Crippen molar-refractivity contribution in [2.24, 2.45) is 5.92 Å². The maximum absolute atomic E-state index is 12.8. The highest BCUT2D eigenvalue weighted by Crippen LogP contribution is 2.21. The Hall–Kier alpha value is -0.950. The number of hydrogen-bond acceptors (Lipinski definition) is 4. The third kappa shape index (κ3) is 7.67. The maximum Gasteiger partial charge on any atom is 0.253 e. The lowest BCUT2D eigenvalue weighted by Crippen LogP contribution is -2.51. The molecule has 3 unspecified atom stereocenters. The summed E-state index contributed by atoms with van der Waals surface area (Å²) >= 11 is 13.7. The Bertz CT molecular complexity index is 705. The second kappa shape index (κ2) is 12.0. The van der Waals surface area contributed by atoms with E-state index in [1.54, 1.807) is 23.9 Å². The smallest absolute Gasteiger partial charge is 0.253 e. The molecule has 0 saturated carbocycles. The number of benzene rings is 1. The molecule has 0 aromatic heterocycles. The van der Waals surface area contributed by atoms with Gasteiger partial charge in [-0.05, 0) is 68.9 Å². The van der Waals surface area contributed by atoms with Crippen LogP contribution < -0.4 is 10.6 Å². The van der Waals surface area contributed by atoms with Crippen molar-refractivity contribution in [3.05, 3.63) is 33.8 Å². The molecule has 8 heteroatoms. The van der Waals surface area contributed by atoms with Crippen LogP contribution in [0.1, 0.15) is 43.5 Å². The lowest BCUT2D eigenvalue weighted by molar-refractivity contribution is -0.123. The molecule has 1 saturated heterocycles. The number of carbonyl (C=O) groups excluding carboxylic acids is 2. The number of hydrogen-bond donors (Lipinski definition) is 2. The molecular weight excluding hydrogens is 429 g/mol. The summed E-state index contributed by atoms with van der Waals surface area (Å²) in [4.78, 5) is 27.9. The van der Waals surface area contributed by atoms with Gasteiger partial charge < -0.3 is 10.6 Å². The Labute approximate surface area is 188 Å². The number of halogens is 2. The minimum absolute atomic E-state index is 0.158. The Morgan fingerprint density at radius 3 is 2.76 bits per heavy atom. The molecule has 1 aliphatic heterocycles. The number of piperidine rings is 1. The molecule has 3 atom stereocenters. The minimum atomic E-state index is -0.603. The van der Waals surface area contributed by atoms with E-state index < -0.39 is 6.04 Å². The minimum Gasteiger partial charge on any atom is -0.353 e. The summed E-state index contributed by atoms with van der Waals surface area (Å²) in [5.74, 6) is 0.936. The second-order valence-electron chi connectivity index (χ2n) is 7.77. The number of carbonyl (C=O) groups is 2. The highest BCUT2D eigenvalue weighted by atomic mass is 35.5. The highest BCUT2D eigenvalue weighted by Gasteiger charge is 2.25. The average Bonchev–Trinajstić information content (AvgIpc) is 2.68. The van der Waals surface area contributed by atoms with Crippen LogP contribution in [0.4, 0.5) is 0 Å². The molecule has 2 amide bonds. The standard InChI is InChI=1S/C21H31Cl2N3O2S/c1-14-5-4-9-26(13-14)15(2)12-24-21(28)19(8-10-29-3)25-20(27)17-7-6-16(22)11-18(17)23/h6-7,11,14-15,19H,4-5,8-10,12-13H2,1-3H3,(H,24,28)(H,25,27). The fourth-order valence-corrected chi connectivity index (χ4v) is 4.51. The largest absolute Gasteiger partial charge is 0.353 e. The summed E-state index contributed by atoms with van der Waals surface area (Å²) in [7, 11) is 0. The fourth-order valence-electron chi connectivity index (χ4n) is 3.54. The molecule has 29 heavy (non-hydrogen) atoms. The van der Waals surface area contributed by atoms with Gasteiger partial charge in [-0.15, -0.1) is 0 Å². The highest BCUT2D eigenvalue weighted by molar-refractivity contribution is 7.98. The zero-order valence-electron chi connectivity index (χ0n) is 17.3. The van der Waals surface area contributed by atoms with Gasteiger partial charge in [0, 0.05) is 24.2 Å². The molecule has 0 bridgehead atoms. The maximum atomic E-state index is 12.8. The topological polar surface area (TPSA) is 61.4 Å². The van der Waals surface area contributed by atoms with E-state index in [0.29, 0.717) is 29.5 Å². The van der Waals surface area contributed by atoms with Gasteiger partial charge in [0.25, 0.3) is 5.91 Å². The third-order valence-corrected chi connectivity index (χ3v) is 6.48. The summed E-state index contributed by atoms with van der Waals surface area (Å²) in [5.41, 5.74) is 0.314. The Kier molecular flexibility index (Phi) is 10.1. The van der Waals surface area contributed by atoms with Gasteiger partial charge in [-0.3, -0.25) is 14.5 Å². The van der Waals surface area contributed by atoms with Crippen molar-refractivity contribution < 1.29 is 9.59 Å². The monoisotopic (exact) mass is 459 g/mol. The number of rotatable bonds is 9. The molecule has 1 aromatic carbocycles. The summed E-state index contributed by atoms with van der Waals surface area (Å²) in [5, 5.41) is 6.59. The third-order valence-electron chi connectivity index (χ3n) is 5.29. The number of amides is 2.